The van der Waals surface area contributed by atoms with E-state index in [9.17, 15) is 4.79 Å². The summed E-state index contributed by atoms with van der Waals surface area (Å²) in [5.41, 5.74) is 0. The van der Waals surface area contributed by atoms with Gasteiger partial charge in [0.1, 0.15) is 0 Å². The van der Waals surface area contributed by atoms with Gasteiger partial charge in [-0.2, -0.15) is 0 Å². The van der Waals surface area contributed by atoms with Crippen molar-refractivity contribution in [3.8, 4) is 0 Å². The van der Waals surface area contributed by atoms with Gasteiger partial charge in [0, 0.05) is 6.42 Å². The highest BCUT2D eigenvalue weighted by molar-refractivity contribution is 5.68. The van der Waals surface area contributed by atoms with Crippen molar-refractivity contribution >= 4 is 5.97 Å². The number of methoxy groups -OCH3 is 1. The normalized spacial score (nSPS) is 20.9. The van der Waals surface area contributed by atoms with Gasteiger partial charge in [-0.15, -0.1) is 0 Å². The van der Waals surface area contributed by atoms with Gasteiger partial charge in [-0.05, 0) is 24.7 Å². The highest BCUT2D eigenvalue weighted by Crippen LogP contribution is 2.45. The van der Waals surface area contributed by atoms with Gasteiger partial charge in [-0.25, -0.2) is 0 Å². The summed E-state index contributed by atoms with van der Waals surface area (Å²) in [6.07, 6.45) is 16.9. The van der Waals surface area contributed by atoms with E-state index in [4.69, 9.17) is 0 Å². The Labute approximate surface area is 125 Å². The predicted octanol–water partition coefficient (Wildman–Crippen LogP) is 5.50. The lowest BCUT2D eigenvalue weighted by Gasteiger charge is -2.02. The number of ether oxygens (including phenoxy) is 1. The van der Waals surface area contributed by atoms with E-state index in [1.54, 1.807) is 0 Å². The number of carbonyl (C=O) groups is 1. The third-order valence-corrected chi connectivity index (χ3v) is 4.66. The van der Waals surface area contributed by atoms with Crippen molar-refractivity contribution < 1.29 is 9.53 Å². The van der Waals surface area contributed by atoms with Crippen LogP contribution >= 0.6 is 0 Å². The molecule has 0 aromatic heterocycles. The van der Waals surface area contributed by atoms with Crippen LogP contribution in [0.4, 0.5) is 0 Å². The van der Waals surface area contributed by atoms with Crippen LogP contribution in [0.25, 0.3) is 0 Å². The minimum atomic E-state index is -0.0635. The zero-order valence-electron chi connectivity index (χ0n) is 13.7. The number of hydrogen-bond acceptors (Lipinski definition) is 2. The minimum Gasteiger partial charge on any atom is -0.469 e. The molecule has 0 radical (unpaired) electrons. The van der Waals surface area contributed by atoms with Gasteiger partial charge in [-0.3, -0.25) is 4.79 Å². The predicted molar refractivity (Wildman–Crippen MR) is 84.7 cm³/mol. The average Bonchev–Trinajstić information content (AvgIpc) is 3.19. The van der Waals surface area contributed by atoms with Gasteiger partial charge < -0.3 is 4.74 Å². The summed E-state index contributed by atoms with van der Waals surface area (Å²) in [6.45, 7) is 2.31. The summed E-state index contributed by atoms with van der Waals surface area (Å²) in [5, 5.41) is 0. The van der Waals surface area contributed by atoms with E-state index in [1.807, 2.05) is 0 Å². The van der Waals surface area contributed by atoms with E-state index in [0.717, 1.165) is 18.3 Å². The van der Waals surface area contributed by atoms with Gasteiger partial charge in [0.25, 0.3) is 0 Å². The molecule has 1 fully saturated rings. The molecule has 1 rings (SSSR count). The van der Waals surface area contributed by atoms with Crippen LogP contribution in [0.2, 0.25) is 0 Å². The van der Waals surface area contributed by atoms with Crippen LogP contribution < -0.4 is 0 Å². The first kappa shape index (κ1) is 17.5. The smallest absolute Gasteiger partial charge is 0.305 e. The Morgan fingerprint density at radius 3 is 2.05 bits per heavy atom. The standard InChI is InChI=1S/C18H34O2/c1-3-12-16-15-17(16)13-10-8-6-4-5-7-9-11-14-18(19)20-2/h16-17H,3-15H2,1-2H3. The molecule has 2 nitrogen and oxygen atoms in total. The molecule has 0 aromatic rings. The van der Waals surface area contributed by atoms with Crippen LogP contribution in [0.15, 0.2) is 0 Å². The third-order valence-electron chi connectivity index (χ3n) is 4.66. The van der Waals surface area contributed by atoms with E-state index in [2.05, 4.69) is 11.7 Å². The number of esters is 1. The Kier molecular flexibility index (Phi) is 9.78. The molecule has 2 atom stereocenters. The molecule has 118 valence electrons. The Morgan fingerprint density at radius 1 is 0.900 bits per heavy atom. The molecule has 20 heavy (non-hydrogen) atoms. The number of carbonyl (C=O) groups excluding carboxylic acids is 1. The summed E-state index contributed by atoms with van der Waals surface area (Å²) in [5.74, 6) is 2.12. The fraction of sp³-hybridized carbons (Fsp3) is 0.944. The van der Waals surface area contributed by atoms with E-state index in [0.29, 0.717) is 6.42 Å². The summed E-state index contributed by atoms with van der Waals surface area (Å²) in [6, 6.07) is 0. The van der Waals surface area contributed by atoms with E-state index >= 15 is 0 Å². The number of hydrogen-bond donors (Lipinski definition) is 0. The fourth-order valence-corrected chi connectivity index (χ4v) is 3.23. The summed E-state index contributed by atoms with van der Waals surface area (Å²) >= 11 is 0. The summed E-state index contributed by atoms with van der Waals surface area (Å²) in [4.78, 5) is 10.9. The second-order valence-corrected chi connectivity index (χ2v) is 6.49. The van der Waals surface area contributed by atoms with Crippen molar-refractivity contribution in [1.82, 2.24) is 0 Å². The van der Waals surface area contributed by atoms with Crippen LogP contribution in [0.1, 0.15) is 90.4 Å². The second-order valence-electron chi connectivity index (χ2n) is 6.49. The molecule has 0 spiro atoms. The lowest BCUT2D eigenvalue weighted by molar-refractivity contribution is -0.140. The molecule has 0 N–H and O–H groups in total. The molecule has 0 bridgehead atoms. The van der Waals surface area contributed by atoms with Crippen molar-refractivity contribution in [2.24, 2.45) is 11.8 Å². The Morgan fingerprint density at radius 2 is 1.45 bits per heavy atom. The van der Waals surface area contributed by atoms with Gasteiger partial charge >= 0.3 is 5.97 Å². The molecule has 1 aliphatic carbocycles. The molecule has 1 saturated carbocycles. The van der Waals surface area contributed by atoms with Crippen molar-refractivity contribution in [2.75, 3.05) is 7.11 Å². The van der Waals surface area contributed by atoms with Crippen molar-refractivity contribution in [2.45, 2.75) is 90.4 Å². The highest BCUT2D eigenvalue weighted by atomic mass is 16.5. The van der Waals surface area contributed by atoms with Crippen LogP contribution in [0, 0.1) is 11.8 Å². The first-order chi connectivity index (χ1) is 9.77. The topological polar surface area (TPSA) is 26.3 Å². The SMILES string of the molecule is CCCC1CC1CCCCCCCCCCC(=O)OC. The van der Waals surface area contributed by atoms with Gasteiger partial charge in [0.15, 0.2) is 0 Å². The van der Waals surface area contributed by atoms with Crippen LogP contribution in [0.3, 0.4) is 0 Å². The average molecular weight is 282 g/mol. The van der Waals surface area contributed by atoms with Crippen LogP contribution in [0.5, 0.6) is 0 Å². The Balaban J connectivity index is 1.72. The van der Waals surface area contributed by atoms with E-state index in [1.165, 1.54) is 77.7 Å². The molecule has 0 heterocycles. The summed E-state index contributed by atoms with van der Waals surface area (Å²) < 4.78 is 4.63. The van der Waals surface area contributed by atoms with Crippen LogP contribution in [-0.4, -0.2) is 13.1 Å². The number of rotatable bonds is 13. The highest BCUT2D eigenvalue weighted by Gasteiger charge is 2.34. The third kappa shape index (κ3) is 8.60. The Bertz CT molecular complexity index is 250. The zero-order valence-corrected chi connectivity index (χ0v) is 13.7. The fourth-order valence-electron chi connectivity index (χ4n) is 3.23. The van der Waals surface area contributed by atoms with Gasteiger partial charge in [0.2, 0.25) is 0 Å². The molecule has 0 aliphatic heterocycles. The van der Waals surface area contributed by atoms with Crippen LogP contribution in [-0.2, 0) is 9.53 Å². The van der Waals surface area contributed by atoms with E-state index in [-0.39, 0.29) is 5.97 Å². The number of unbranched alkanes of at least 4 members (excludes halogenated alkanes) is 7. The lowest BCUT2D eigenvalue weighted by atomic mass is 10.0. The van der Waals surface area contributed by atoms with Crippen molar-refractivity contribution in [3.05, 3.63) is 0 Å². The lowest BCUT2D eigenvalue weighted by Crippen LogP contribution is -1.99. The van der Waals surface area contributed by atoms with Gasteiger partial charge in [-0.1, -0.05) is 71.1 Å². The first-order valence-electron chi connectivity index (χ1n) is 8.84. The molecule has 2 heteroatoms. The molecule has 2 unspecified atom stereocenters. The Hall–Kier alpha value is -0.530. The van der Waals surface area contributed by atoms with E-state index < -0.39 is 0 Å². The van der Waals surface area contributed by atoms with Crippen molar-refractivity contribution in [1.29, 1.82) is 0 Å². The molecular weight excluding hydrogens is 248 g/mol. The quantitative estimate of drug-likeness (QED) is 0.329. The monoisotopic (exact) mass is 282 g/mol. The van der Waals surface area contributed by atoms with Crippen molar-refractivity contribution in [3.63, 3.8) is 0 Å². The maximum absolute atomic E-state index is 10.9. The maximum atomic E-state index is 10.9. The molecule has 0 amide bonds. The second kappa shape index (κ2) is 11.2. The summed E-state index contributed by atoms with van der Waals surface area (Å²) in [7, 11) is 1.47. The molecule has 0 saturated heterocycles. The zero-order chi connectivity index (χ0) is 14.6. The van der Waals surface area contributed by atoms with Gasteiger partial charge in [0.05, 0.1) is 7.11 Å². The molecule has 1 aliphatic rings. The first-order valence-corrected chi connectivity index (χ1v) is 8.84. The minimum absolute atomic E-state index is 0.0635. The molecule has 0 aromatic carbocycles. The largest absolute Gasteiger partial charge is 0.469 e. The maximum Gasteiger partial charge on any atom is 0.305 e. The molecular formula is C18H34O2.